The maximum absolute atomic E-state index is 10.2. The van der Waals surface area contributed by atoms with Gasteiger partial charge in [-0.1, -0.05) is 387 Å². The zero-order valence-electron chi connectivity index (χ0n) is 55.6. The van der Waals surface area contributed by atoms with Gasteiger partial charge in [-0.05, 0) is 51.4 Å². The summed E-state index contributed by atoms with van der Waals surface area (Å²) in [4.78, 5) is 40.9. The van der Waals surface area contributed by atoms with Crippen molar-refractivity contribution in [3.63, 3.8) is 0 Å². The Hall–Kier alpha value is -1.15. The number of hydrogen-bond acceptors (Lipinski definition) is 8. The van der Waals surface area contributed by atoms with Gasteiger partial charge in [0.15, 0.2) is 0 Å². The molecule has 10 heteroatoms. The first kappa shape index (κ1) is 92.0. The van der Waals surface area contributed by atoms with Gasteiger partial charge in [0.2, 0.25) is 0 Å². The van der Waals surface area contributed by atoms with E-state index >= 15 is 0 Å². The van der Waals surface area contributed by atoms with Gasteiger partial charge in [0, 0.05) is 23.9 Å². The largest absolute Gasteiger partial charge is 2.00 e. The third-order valence-corrected chi connectivity index (χ3v) is 15.9. The van der Waals surface area contributed by atoms with Crippen LogP contribution in [-0.4, -0.2) is 23.9 Å². The molecule has 4 radical (unpaired) electrons. The number of aliphatic carboxylic acids is 4. The minimum atomic E-state index is -0.903. The van der Waals surface area contributed by atoms with Crippen molar-refractivity contribution in [3.8, 4) is 0 Å². The maximum Gasteiger partial charge on any atom is 2.00 e. The van der Waals surface area contributed by atoms with Crippen molar-refractivity contribution in [2.75, 3.05) is 0 Å². The number of carbonyl (C=O) groups is 4. The molecule has 0 N–H and O–H groups in total. The second kappa shape index (κ2) is 88.6. The summed E-state index contributed by atoms with van der Waals surface area (Å²) >= 11 is 0. The number of carbonyl (C=O) groups excluding carboxylic acids is 4. The summed E-state index contributed by atoms with van der Waals surface area (Å²) in [5.74, 6) is -3.61. The van der Waals surface area contributed by atoms with E-state index < -0.39 is 23.9 Å². The number of hydrogen-bond donors (Lipinski definition) is 0. The first-order valence-electron chi connectivity index (χ1n) is 35.9. The summed E-state index contributed by atoms with van der Waals surface area (Å²) in [6, 6.07) is 0. The van der Waals surface area contributed by atoms with E-state index in [0.29, 0.717) is 0 Å². The molecule has 0 aromatic carbocycles. The summed E-state index contributed by atoms with van der Waals surface area (Å²) < 4.78 is 0. The number of carboxylic acids is 4. The molecule has 0 rings (SSSR count). The van der Waals surface area contributed by atoms with Gasteiger partial charge in [-0.15, -0.1) is 0 Å². The van der Waals surface area contributed by atoms with Crippen LogP contribution in [0.1, 0.15) is 439 Å². The van der Waals surface area contributed by atoms with Crippen LogP contribution in [0.25, 0.3) is 0 Å². The Morgan fingerprint density at radius 1 is 0.171 bits per heavy atom. The van der Waals surface area contributed by atoms with Crippen molar-refractivity contribution in [2.24, 2.45) is 0 Å². The first-order valence-corrected chi connectivity index (χ1v) is 35.9. The van der Waals surface area contributed by atoms with E-state index in [-0.39, 0.29) is 58.7 Å². The van der Waals surface area contributed by atoms with Gasteiger partial charge in [-0.3, -0.25) is 0 Å². The molecule has 0 unspecified atom stereocenters. The Balaban J connectivity index is -0.000000233. The number of rotatable bonds is 64. The molecule has 0 aromatic heterocycles. The van der Waals surface area contributed by atoms with Crippen LogP contribution in [0.15, 0.2) is 0 Å². The van der Waals surface area contributed by atoms with Gasteiger partial charge in [0.25, 0.3) is 0 Å². The van der Waals surface area contributed by atoms with E-state index in [4.69, 9.17) is 0 Å². The van der Waals surface area contributed by atoms with E-state index in [0.717, 1.165) is 51.4 Å². The van der Waals surface area contributed by atoms with E-state index in [1.807, 2.05) is 0 Å². The Morgan fingerprint density at radius 2 is 0.244 bits per heavy atom. The molecule has 0 aliphatic rings. The first-order chi connectivity index (χ1) is 39.1. The normalized spacial score (nSPS) is 10.6. The van der Waals surface area contributed by atoms with Gasteiger partial charge in [-0.25, -0.2) is 0 Å². The van der Waals surface area contributed by atoms with Crippen LogP contribution in [0.3, 0.4) is 0 Å². The molecule has 0 aromatic rings. The van der Waals surface area contributed by atoms with Crippen LogP contribution in [0, 0.1) is 0 Å². The minimum absolute atomic E-state index is 0. The molecule has 484 valence electrons. The fourth-order valence-electron chi connectivity index (χ4n) is 10.6. The van der Waals surface area contributed by atoms with Gasteiger partial charge in [0.1, 0.15) is 0 Å². The molecule has 0 heterocycles. The number of unbranched alkanes of at least 4 members (excludes halogenated alkanes) is 56. The second-order valence-corrected chi connectivity index (χ2v) is 24.3. The maximum atomic E-state index is 10.2. The van der Waals surface area contributed by atoms with Crippen LogP contribution in [-0.2, 0) is 52.2 Å². The van der Waals surface area contributed by atoms with Crippen LogP contribution < -0.4 is 20.4 Å². The summed E-state index contributed by atoms with van der Waals surface area (Å²) in [5, 5.41) is 40.9. The minimum Gasteiger partial charge on any atom is -0.550 e. The van der Waals surface area contributed by atoms with Gasteiger partial charge < -0.3 is 39.6 Å². The topological polar surface area (TPSA) is 161 Å². The molecule has 0 amide bonds. The SMILES string of the molecule is CCCCCCCCCCCCCCCCCC(=O)[O-].CCCCCCCCCCCCCCCCCC(=O)[O-].CCCCCCCCCCCCCCCCCC(=O)[O-].CCCCCCCCCCCCCCCCCC(=O)[O-].[S+2].[Zn+2]. The van der Waals surface area contributed by atoms with Crippen LogP contribution >= 0.6 is 0 Å². The third-order valence-electron chi connectivity index (χ3n) is 15.9. The predicted octanol–water partition coefficient (Wildman–Crippen LogP) is 20.0. The summed E-state index contributed by atoms with van der Waals surface area (Å²) in [6.45, 7) is 9.07. The molecular weight excluding hydrogens is 1090 g/mol. The summed E-state index contributed by atoms with van der Waals surface area (Å²) in [5.41, 5.74) is 0. The Morgan fingerprint density at radius 3 is 0.317 bits per heavy atom. The molecule has 0 saturated heterocycles. The van der Waals surface area contributed by atoms with Crippen molar-refractivity contribution < 1.29 is 59.1 Å². The van der Waals surface area contributed by atoms with Gasteiger partial charge in [-0.2, -0.15) is 0 Å². The zero-order valence-corrected chi connectivity index (χ0v) is 59.4. The van der Waals surface area contributed by atoms with Gasteiger partial charge in [0.05, 0.1) is 0 Å². The zero-order chi connectivity index (χ0) is 59.6. The van der Waals surface area contributed by atoms with Crippen molar-refractivity contribution in [1.82, 2.24) is 0 Å². The average Bonchev–Trinajstić information content (AvgIpc) is 3.43. The molecule has 0 aliphatic heterocycles. The van der Waals surface area contributed by atoms with Crippen molar-refractivity contribution >= 4 is 37.4 Å². The second-order valence-electron chi connectivity index (χ2n) is 24.3. The molecule has 0 bridgehead atoms. The standard InChI is InChI=1S/4C18H36O2.S.Zn/c4*1-2-3-4-5-6-7-8-9-10-11-12-13-14-15-16-17-18(19)20;;/h4*2-17H2,1H3,(H,19,20);;/q;;;;2*+2/p-4. The fourth-order valence-corrected chi connectivity index (χ4v) is 10.6. The molecule has 0 atom stereocenters. The van der Waals surface area contributed by atoms with E-state index in [1.54, 1.807) is 0 Å². The van der Waals surface area contributed by atoms with E-state index in [9.17, 15) is 39.6 Å². The van der Waals surface area contributed by atoms with Crippen molar-refractivity contribution in [3.05, 3.63) is 0 Å². The average molecular weight is 1230 g/mol. The fraction of sp³-hybridized carbons (Fsp3) is 0.944. The summed E-state index contributed by atoms with van der Waals surface area (Å²) in [6.07, 6.45) is 79.4. The molecule has 0 aliphatic carbocycles. The van der Waals surface area contributed by atoms with Crippen LogP contribution in [0.4, 0.5) is 0 Å². The summed E-state index contributed by atoms with van der Waals surface area (Å²) in [7, 11) is 0. The molecule has 0 spiro atoms. The van der Waals surface area contributed by atoms with Crippen LogP contribution in [0.2, 0.25) is 0 Å². The van der Waals surface area contributed by atoms with E-state index in [2.05, 4.69) is 27.7 Å². The monoisotopic (exact) mass is 1230 g/mol. The Labute approximate surface area is 532 Å². The molecule has 8 nitrogen and oxygen atoms in total. The molecule has 0 saturated carbocycles. The smallest absolute Gasteiger partial charge is 0.550 e. The molecular formula is C72H140O8SZn. The van der Waals surface area contributed by atoms with Crippen molar-refractivity contribution in [2.45, 2.75) is 439 Å². The third kappa shape index (κ3) is 107. The van der Waals surface area contributed by atoms with E-state index in [1.165, 1.54) is 334 Å². The Kier molecular flexibility index (Phi) is 99.4. The van der Waals surface area contributed by atoms with Crippen LogP contribution in [0.5, 0.6) is 0 Å². The molecule has 0 fully saturated rings. The van der Waals surface area contributed by atoms with Crippen molar-refractivity contribution in [1.29, 1.82) is 0 Å². The number of carboxylic acid groups (broad SMARTS) is 4. The molecule has 82 heavy (non-hydrogen) atoms. The predicted molar refractivity (Wildman–Crippen MR) is 346 cm³/mol. The van der Waals surface area contributed by atoms with Gasteiger partial charge >= 0.3 is 33.0 Å². The Bertz CT molecular complexity index is 998. The quantitative estimate of drug-likeness (QED) is 0.0430.